The standard InChI is InChI=1S/C14H12F3NO/c1-10-3-2-4-13(7-10)19-9-12-6-5-11(8-18-12)14(15,16)17/h2-8H,9H2,1H3. The maximum Gasteiger partial charge on any atom is 0.417 e. The van der Waals surface area contributed by atoms with Gasteiger partial charge in [0, 0.05) is 6.20 Å². The number of aryl methyl sites for hydroxylation is 1. The normalized spacial score (nSPS) is 11.4. The van der Waals surface area contributed by atoms with Crippen molar-refractivity contribution >= 4 is 0 Å². The minimum atomic E-state index is -4.36. The van der Waals surface area contributed by atoms with E-state index in [-0.39, 0.29) is 6.61 Å². The van der Waals surface area contributed by atoms with Crippen LogP contribution in [0.3, 0.4) is 0 Å². The molecule has 0 bridgehead atoms. The summed E-state index contributed by atoms with van der Waals surface area (Å²) in [6, 6.07) is 9.75. The van der Waals surface area contributed by atoms with E-state index in [1.807, 2.05) is 25.1 Å². The summed E-state index contributed by atoms with van der Waals surface area (Å²) in [5.74, 6) is 0.668. The van der Waals surface area contributed by atoms with Crippen LogP contribution in [-0.2, 0) is 12.8 Å². The first-order valence-corrected chi connectivity index (χ1v) is 5.67. The molecule has 0 N–H and O–H groups in total. The lowest BCUT2D eigenvalue weighted by molar-refractivity contribution is -0.137. The average molecular weight is 267 g/mol. The van der Waals surface area contributed by atoms with Gasteiger partial charge in [-0.05, 0) is 36.8 Å². The van der Waals surface area contributed by atoms with Crippen LogP contribution in [0.4, 0.5) is 13.2 Å². The largest absolute Gasteiger partial charge is 0.487 e. The highest BCUT2D eigenvalue weighted by molar-refractivity contribution is 5.27. The van der Waals surface area contributed by atoms with Crippen LogP contribution < -0.4 is 4.74 Å². The van der Waals surface area contributed by atoms with E-state index in [9.17, 15) is 13.2 Å². The average Bonchev–Trinajstić information content (AvgIpc) is 2.36. The zero-order valence-electron chi connectivity index (χ0n) is 10.2. The molecule has 2 nitrogen and oxygen atoms in total. The van der Waals surface area contributed by atoms with E-state index in [1.165, 1.54) is 6.07 Å². The minimum absolute atomic E-state index is 0.140. The van der Waals surface area contributed by atoms with Crippen molar-refractivity contribution in [2.45, 2.75) is 19.7 Å². The van der Waals surface area contributed by atoms with Crippen LogP contribution >= 0.6 is 0 Å². The molecule has 0 saturated carbocycles. The second-order valence-electron chi connectivity index (χ2n) is 4.14. The van der Waals surface area contributed by atoms with Crippen LogP contribution in [0.2, 0.25) is 0 Å². The predicted octanol–water partition coefficient (Wildman–Crippen LogP) is 3.99. The molecule has 0 aliphatic carbocycles. The summed E-state index contributed by atoms with van der Waals surface area (Å²) >= 11 is 0. The van der Waals surface area contributed by atoms with Crippen LogP contribution in [0.25, 0.3) is 0 Å². The number of hydrogen-bond acceptors (Lipinski definition) is 2. The SMILES string of the molecule is Cc1cccc(OCc2ccc(C(F)(F)F)cn2)c1. The fourth-order valence-electron chi connectivity index (χ4n) is 1.54. The Hall–Kier alpha value is -2.04. The first-order chi connectivity index (χ1) is 8.95. The summed E-state index contributed by atoms with van der Waals surface area (Å²) in [5.41, 5.74) is 0.749. The summed E-state index contributed by atoms with van der Waals surface area (Å²) < 4.78 is 42.5. The summed E-state index contributed by atoms with van der Waals surface area (Å²) in [6.45, 7) is 2.07. The zero-order valence-corrected chi connectivity index (χ0v) is 10.2. The number of nitrogens with zero attached hydrogens (tertiary/aromatic N) is 1. The van der Waals surface area contributed by atoms with Crippen molar-refractivity contribution in [1.29, 1.82) is 0 Å². The van der Waals surface area contributed by atoms with Gasteiger partial charge in [-0.3, -0.25) is 4.98 Å². The van der Waals surface area contributed by atoms with E-state index in [0.717, 1.165) is 17.8 Å². The molecule has 100 valence electrons. The molecule has 2 aromatic rings. The monoisotopic (exact) mass is 267 g/mol. The number of rotatable bonds is 3. The quantitative estimate of drug-likeness (QED) is 0.839. The summed E-state index contributed by atoms with van der Waals surface area (Å²) in [6.07, 6.45) is -3.54. The molecule has 0 radical (unpaired) electrons. The van der Waals surface area contributed by atoms with Crippen LogP contribution in [0.5, 0.6) is 5.75 Å². The molecule has 0 aliphatic rings. The maximum atomic E-state index is 12.3. The zero-order chi connectivity index (χ0) is 13.9. The number of aromatic nitrogens is 1. The van der Waals surface area contributed by atoms with Gasteiger partial charge in [0.05, 0.1) is 11.3 Å². The molecule has 0 unspecified atom stereocenters. The number of ether oxygens (including phenoxy) is 1. The molecule has 0 spiro atoms. The number of alkyl halides is 3. The summed E-state index contributed by atoms with van der Waals surface area (Å²) in [4.78, 5) is 3.74. The third-order valence-electron chi connectivity index (χ3n) is 2.53. The van der Waals surface area contributed by atoms with E-state index in [1.54, 1.807) is 6.07 Å². The van der Waals surface area contributed by atoms with Crippen molar-refractivity contribution in [2.24, 2.45) is 0 Å². The smallest absolute Gasteiger partial charge is 0.417 e. The lowest BCUT2D eigenvalue weighted by Crippen LogP contribution is -2.06. The van der Waals surface area contributed by atoms with Crippen molar-refractivity contribution in [1.82, 2.24) is 4.98 Å². The molecule has 1 heterocycles. The molecule has 1 aromatic heterocycles. The van der Waals surface area contributed by atoms with Crippen LogP contribution in [0.1, 0.15) is 16.8 Å². The topological polar surface area (TPSA) is 22.1 Å². The van der Waals surface area contributed by atoms with Gasteiger partial charge in [0.25, 0.3) is 0 Å². The number of pyridine rings is 1. The highest BCUT2D eigenvalue weighted by Crippen LogP contribution is 2.28. The van der Waals surface area contributed by atoms with Gasteiger partial charge in [-0.25, -0.2) is 0 Å². The number of benzene rings is 1. The molecule has 5 heteroatoms. The third-order valence-corrected chi connectivity index (χ3v) is 2.53. The summed E-state index contributed by atoms with van der Waals surface area (Å²) in [7, 11) is 0. The lowest BCUT2D eigenvalue weighted by atomic mass is 10.2. The molecule has 19 heavy (non-hydrogen) atoms. The second-order valence-corrected chi connectivity index (χ2v) is 4.14. The number of hydrogen-bond donors (Lipinski definition) is 0. The van der Waals surface area contributed by atoms with Crippen molar-refractivity contribution in [3.05, 3.63) is 59.4 Å². The predicted molar refractivity (Wildman–Crippen MR) is 64.8 cm³/mol. The molecule has 0 fully saturated rings. The van der Waals surface area contributed by atoms with E-state index < -0.39 is 11.7 Å². The van der Waals surface area contributed by atoms with Crippen LogP contribution in [0, 0.1) is 6.92 Å². The third kappa shape index (κ3) is 3.71. The van der Waals surface area contributed by atoms with Gasteiger partial charge in [0.1, 0.15) is 12.4 Å². The molecule has 0 amide bonds. The summed E-state index contributed by atoms with van der Waals surface area (Å²) in [5, 5.41) is 0. The van der Waals surface area contributed by atoms with Crippen molar-refractivity contribution in [3.8, 4) is 5.75 Å². The number of halogens is 3. The van der Waals surface area contributed by atoms with Crippen LogP contribution in [-0.4, -0.2) is 4.98 Å². The Morgan fingerprint density at radius 1 is 1.16 bits per heavy atom. The van der Waals surface area contributed by atoms with E-state index in [4.69, 9.17) is 4.74 Å². The van der Waals surface area contributed by atoms with Crippen molar-refractivity contribution < 1.29 is 17.9 Å². The van der Waals surface area contributed by atoms with Gasteiger partial charge in [-0.1, -0.05) is 12.1 Å². The molecule has 0 atom stereocenters. The van der Waals surface area contributed by atoms with E-state index in [0.29, 0.717) is 11.4 Å². The lowest BCUT2D eigenvalue weighted by Gasteiger charge is -2.08. The second kappa shape index (κ2) is 5.30. The Labute approximate surface area is 108 Å². The van der Waals surface area contributed by atoms with Gasteiger partial charge >= 0.3 is 6.18 Å². The fraction of sp³-hybridized carbons (Fsp3) is 0.214. The van der Waals surface area contributed by atoms with Gasteiger partial charge in [0.2, 0.25) is 0 Å². The Balaban J connectivity index is 2.01. The Bertz CT molecular complexity index is 549. The molecular formula is C14H12F3NO. The highest BCUT2D eigenvalue weighted by Gasteiger charge is 2.30. The molecule has 2 rings (SSSR count). The van der Waals surface area contributed by atoms with Gasteiger partial charge < -0.3 is 4.74 Å². The van der Waals surface area contributed by atoms with E-state index >= 15 is 0 Å². The minimum Gasteiger partial charge on any atom is -0.487 e. The van der Waals surface area contributed by atoms with Gasteiger partial charge in [0.15, 0.2) is 0 Å². The molecule has 0 aliphatic heterocycles. The maximum absolute atomic E-state index is 12.3. The molecular weight excluding hydrogens is 255 g/mol. The van der Waals surface area contributed by atoms with Crippen LogP contribution in [0.15, 0.2) is 42.6 Å². The highest BCUT2D eigenvalue weighted by atomic mass is 19.4. The van der Waals surface area contributed by atoms with Crippen molar-refractivity contribution in [3.63, 3.8) is 0 Å². The Kier molecular flexibility index (Phi) is 3.74. The Morgan fingerprint density at radius 3 is 2.53 bits per heavy atom. The first kappa shape index (κ1) is 13.4. The fourth-order valence-corrected chi connectivity index (χ4v) is 1.54. The first-order valence-electron chi connectivity index (χ1n) is 5.67. The van der Waals surface area contributed by atoms with Gasteiger partial charge in [-0.15, -0.1) is 0 Å². The molecule has 0 saturated heterocycles. The Morgan fingerprint density at radius 2 is 1.95 bits per heavy atom. The van der Waals surface area contributed by atoms with Crippen molar-refractivity contribution in [2.75, 3.05) is 0 Å². The molecule has 1 aromatic carbocycles. The van der Waals surface area contributed by atoms with E-state index in [2.05, 4.69) is 4.98 Å². The van der Waals surface area contributed by atoms with Gasteiger partial charge in [-0.2, -0.15) is 13.2 Å².